The molecule has 1 aliphatic heterocycles. The maximum absolute atomic E-state index is 13.8. The van der Waals surface area contributed by atoms with E-state index in [1.54, 1.807) is 36.4 Å². The smallest absolute Gasteiger partial charge is 0.416 e. The molecule has 0 N–H and O–H groups in total. The molecule has 4 rings (SSSR count). The van der Waals surface area contributed by atoms with E-state index in [2.05, 4.69) is 10.0 Å². The molecule has 40 heavy (non-hydrogen) atoms. The Hall–Kier alpha value is -4.18. The van der Waals surface area contributed by atoms with Crippen LogP contribution in [0.25, 0.3) is 10.4 Å². The fraction of sp³-hybridized carbons (Fsp3) is 0.310. The number of rotatable bonds is 12. The molecular weight excluding hydrogens is 532 g/mol. The van der Waals surface area contributed by atoms with Crippen molar-refractivity contribution in [3.05, 3.63) is 112 Å². The Bertz CT molecular complexity index is 1460. The summed E-state index contributed by atoms with van der Waals surface area (Å²) in [4.78, 5) is 30.5. The summed E-state index contributed by atoms with van der Waals surface area (Å²) in [7, 11) is -3.96. The number of amides is 2. The van der Waals surface area contributed by atoms with Gasteiger partial charge in [0.2, 0.25) is 5.91 Å². The van der Waals surface area contributed by atoms with Crippen LogP contribution < -0.4 is 0 Å². The van der Waals surface area contributed by atoms with Gasteiger partial charge in [-0.3, -0.25) is 8.98 Å². The highest BCUT2D eigenvalue weighted by molar-refractivity contribution is 7.86. The van der Waals surface area contributed by atoms with Gasteiger partial charge in [0.05, 0.1) is 17.5 Å². The largest absolute Gasteiger partial charge is 0.447 e. The number of carbonyl (C=O) groups is 2. The van der Waals surface area contributed by atoms with E-state index in [4.69, 9.17) is 8.92 Å². The molecule has 3 aromatic carbocycles. The zero-order valence-corrected chi connectivity index (χ0v) is 22.8. The van der Waals surface area contributed by atoms with Gasteiger partial charge in [-0.05, 0) is 55.0 Å². The molecule has 1 aliphatic rings. The van der Waals surface area contributed by atoms with E-state index in [0.29, 0.717) is 12.0 Å². The first-order chi connectivity index (χ1) is 19.3. The molecule has 2 amide bonds. The number of carbonyl (C=O) groups excluding carboxylic acids is 2. The Morgan fingerprint density at radius 2 is 1.73 bits per heavy atom. The number of benzene rings is 3. The minimum absolute atomic E-state index is 0.0309. The highest BCUT2D eigenvalue weighted by atomic mass is 32.2. The molecule has 0 saturated carbocycles. The van der Waals surface area contributed by atoms with E-state index >= 15 is 0 Å². The van der Waals surface area contributed by atoms with Crippen molar-refractivity contribution in [1.29, 1.82) is 0 Å². The molecule has 0 bridgehead atoms. The maximum Gasteiger partial charge on any atom is 0.416 e. The third-order valence-electron chi connectivity index (χ3n) is 6.76. The topological polar surface area (TPSA) is 139 Å². The Morgan fingerprint density at radius 3 is 2.38 bits per heavy atom. The second kappa shape index (κ2) is 13.3. The zero-order valence-electron chi connectivity index (χ0n) is 22.0. The zero-order chi connectivity index (χ0) is 28.5. The molecule has 11 heteroatoms. The van der Waals surface area contributed by atoms with Crippen LogP contribution in [-0.2, 0) is 30.3 Å². The van der Waals surface area contributed by atoms with Gasteiger partial charge >= 0.3 is 6.09 Å². The monoisotopic (exact) mass is 562 g/mol. The summed E-state index contributed by atoms with van der Waals surface area (Å²) in [5.74, 6) is -1.30. The number of aryl methyl sites for hydroxylation is 1. The van der Waals surface area contributed by atoms with E-state index < -0.39 is 40.1 Å². The predicted molar refractivity (Wildman–Crippen MR) is 148 cm³/mol. The van der Waals surface area contributed by atoms with Gasteiger partial charge < -0.3 is 4.74 Å². The van der Waals surface area contributed by atoms with Crippen LogP contribution in [-0.4, -0.2) is 50.6 Å². The molecule has 0 unspecified atom stereocenters. The average Bonchev–Trinajstić information content (AvgIpc) is 3.32. The lowest BCUT2D eigenvalue weighted by Gasteiger charge is -2.28. The van der Waals surface area contributed by atoms with Crippen LogP contribution in [0.3, 0.4) is 0 Å². The molecule has 3 atom stereocenters. The van der Waals surface area contributed by atoms with E-state index in [0.717, 1.165) is 16.0 Å². The summed E-state index contributed by atoms with van der Waals surface area (Å²) >= 11 is 0. The summed E-state index contributed by atoms with van der Waals surface area (Å²) in [6, 6.07) is 22.9. The van der Waals surface area contributed by atoms with Crippen LogP contribution >= 0.6 is 0 Å². The normalized spacial score (nSPS) is 16.6. The van der Waals surface area contributed by atoms with E-state index in [1.807, 2.05) is 43.3 Å². The first kappa shape index (κ1) is 28.8. The number of ether oxygens (including phenoxy) is 1. The van der Waals surface area contributed by atoms with Gasteiger partial charge in [0.15, 0.2) is 0 Å². The third kappa shape index (κ3) is 7.06. The van der Waals surface area contributed by atoms with Crippen LogP contribution in [0.2, 0.25) is 0 Å². The van der Waals surface area contributed by atoms with E-state index in [-0.39, 0.29) is 31.0 Å². The van der Waals surface area contributed by atoms with Crippen LogP contribution in [0, 0.1) is 6.92 Å². The fourth-order valence-electron chi connectivity index (χ4n) is 4.72. The van der Waals surface area contributed by atoms with E-state index in [9.17, 15) is 23.5 Å². The first-order valence-corrected chi connectivity index (χ1v) is 14.3. The van der Waals surface area contributed by atoms with Gasteiger partial charge in [0, 0.05) is 10.8 Å². The fourth-order valence-corrected chi connectivity index (χ4v) is 5.66. The number of hydrogen-bond donors (Lipinski definition) is 0. The average molecular weight is 563 g/mol. The Morgan fingerprint density at radius 1 is 1.07 bits per heavy atom. The van der Waals surface area contributed by atoms with Gasteiger partial charge in [0.1, 0.15) is 12.6 Å². The number of imide groups is 1. The number of cyclic esters (lactones) is 1. The summed E-state index contributed by atoms with van der Waals surface area (Å²) in [6.45, 7) is 1.75. The lowest BCUT2D eigenvalue weighted by Crippen LogP contribution is -2.46. The van der Waals surface area contributed by atoms with Crippen molar-refractivity contribution in [3.63, 3.8) is 0 Å². The molecule has 0 spiro atoms. The quantitative estimate of drug-likeness (QED) is 0.0935. The second-order valence-corrected chi connectivity index (χ2v) is 11.1. The summed E-state index contributed by atoms with van der Waals surface area (Å²) in [5.41, 5.74) is 11.9. The summed E-state index contributed by atoms with van der Waals surface area (Å²) in [5, 5.41) is 3.83. The Kier molecular flexibility index (Phi) is 9.55. The molecule has 1 heterocycles. The first-order valence-electron chi connectivity index (χ1n) is 12.9. The Balaban J connectivity index is 1.52. The van der Waals surface area contributed by atoms with Crippen molar-refractivity contribution in [2.24, 2.45) is 5.11 Å². The lowest BCUT2D eigenvalue weighted by molar-refractivity contribution is -0.131. The predicted octanol–water partition coefficient (Wildman–Crippen LogP) is 5.53. The van der Waals surface area contributed by atoms with Gasteiger partial charge in [-0.2, -0.15) is 8.42 Å². The summed E-state index contributed by atoms with van der Waals surface area (Å²) < 4.78 is 35.7. The van der Waals surface area contributed by atoms with Crippen LogP contribution in [0.1, 0.15) is 35.4 Å². The number of hydrogen-bond acceptors (Lipinski definition) is 7. The van der Waals surface area contributed by atoms with Crippen molar-refractivity contribution in [3.8, 4) is 0 Å². The lowest BCUT2D eigenvalue weighted by atomic mass is 9.87. The molecule has 0 radical (unpaired) electrons. The van der Waals surface area contributed by atoms with Crippen molar-refractivity contribution in [1.82, 2.24) is 4.90 Å². The third-order valence-corrected chi connectivity index (χ3v) is 8.08. The van der Waals surface area contributed by atoms with Crippen molar-refractivity contribution < 1.29 is 26.9 Å². The van der Waals surface area contributed by atoms with E-state index in [1.165, 1.54) is 12.1 Å². The maximum atomic E-state index is 13.8. The van der Waals surface area contributed by atoms with Gasteiger partial charge in [-0.25, -0.2) is 9.69 Å². The van der Waals surface area contributed by atoms with Crippen molar-refractivity contribution >= 4 is 22.1 Å². The minimum atomic E-state index is -3.96. The molecule has 10 nitrogen and oxygen atoms in total. The van der Waals surface area contributed by atoms with Gasteiger partial charge in [-0.15, -0.1) is 0 Å². The van der Waals surface area contributed by atoms with Crippen LogP contribution in [0.5, 0.6) is 0 Å². The molecule has 1 saturated heterocycles. The second-order valence-electron chi connectivity index (χ2n) is 9.53. The molecule has 208 valence electrons. The van der Waals surface area contributed by atoms with Gasteiger partial charge in [-0.1, -0.05) is 83.5 Å². The Labute approximate surface area is 233 Å². The highest BCUT2D eigenvalue weighted by Gasteiger charge is 2.43. The van der Waals surface area contributed by atoms with Gasteiger partial charge in [0.25, 0.3) is 10.1 Å². The highest BCUT2D eigenvalue weighted by Crippen LogP contribution is 2.31. The molecule has 1 fully saturated rings. The molecular formula is C29H30N4O6S. The molecule has 0 aromatic heterocycles. The summed E-state index contributed by atoms with van der Waals surface area (Å²) in [6.07, 6.45) is 0.105. The minimum Gasteiger partial charge on any atom is -0.447 e. The number of nitrogens with zero attached hydrogens (tertiary/aromatic N) is 4. The van der Waals surface area contributed by atoms with Crippen LogP contribution in [0.15, 0.2) is 94.9 Å². The number of azide groups is 1. The molecule has 3 aromatic rings. The molecule has 0 aliphatic carbocycles. The van der Waals surface area contributed by atoms with Crippen molar-refractivity contribution in [2.45, 2.75) is 49.1 Å². The van der Waals surface area contributed by atoms with Crippen molar-refractivity contribution in [2.75, 3.05) is 13.2 Å². The SMILES string of the molecule is Cc1ccc(S(=O)(=O)OCCC[C@H](c2ccccc2)[C@H](N=[N+]=[N-])C(=O)N2C(=O)OC[C@@H]2Cc2ccccc2)cc1. The standard InChI is InChI=1S/C29H30N4O6S/c1-21-14-16-25(17-15-21)40(36,37)39-18-8-13-26(23-11-6-3-7-12-23)27(31-32-30)28(34)33-24(20-38-29(33)35)19-22-9-4-2-5-10-22/h2-7,9-12,14-17,24,26-27H,8,13,18-20H2,1H3/t24-,26+,27-/m0/s1. The van der Waals surface area contributed by atoms with Crippen LogP contribution in [0.4, 0.5) is 4.79 Å².